The number of hydrogen-bond acceptors (Lipinski definition) is 5. The van der Waals surface area contributed by atoms with Crippen LogP contribution in [0, 0.1) is 6.01 Å². The zero-order chi connectivity index (χ0) is 17.2. The second kappa shape index (κ2) is 6.45. The van der Waals surface area contributed by atoms with Crippen LogP contribution in [-0.2, 0) is 16.4 Å². The fourth-order valence-corrected chi connectivity index (χ4v) is 2.82. The summed E-state index contributed by atoms with van der Waals surface area (Å²) in [6.07, 6.45) is 1.17. The van der Waals surface area contributed by atoms with Gasteiger partial charge in [0.1, 0.15) is 11.6 Å². The van der Waals surface area contributed by atoms with Crippen molar-refractivity contribution in [1.29, 1.82) is 0 Å². The second-order valence-corrected chi connectivity index (χ2v) is 7.28. The van der Waals surface area contributed by atoms with Crippen LogP contribution in [0.2, 0.25) is 0 Å². The lowest BCUT2D eigenvalue weighted by molar-refractivity contribution is 0.340. The van der Waals surface area contributed by atoms with Gasteiger partial charge in [0.2, 0.25) is 0 Å². The summed E-state index contributed by atoms with van der Waals surface area (Å²) in [5.74, 6) is 1.08. The molecule has 0 aliphatic heterocycles. The normalized spacial score (nSPS) is 11.4. The first kappa shape index (κ1) is 16.2. The van der Waals surface area contributed by atoms with E-state index in [1.54, 1.807) is 36.4 Å². The molecule has 7 heteroatoms. The molecule has 2 aromatic heterocycles. The van der Waals surface area contributed by atoms with Crippen molar-refractivity contribution in [2.24, 2.45) is 0 Å². The van der Waals surface area contributed by atoms with Gasteiger partial charge in [-0.15, -0.1) is 0 Å². The number of rotatable bonds is 5. The molecule has 0 atom stereocenters. The third kappa shape index (κ3) is 3.80. The molecule has 24 heavy (non-hydrogen) atoms. The molecule has 3 aromatic rings. The Morgan fingerprint density at radius 1 is 1.08 bits per heavy atom. The number of halogens is 1. The van der Waals surface area contributed by atoms with E-state index in [0.29, 0.717) is 23.8 Å². The molecule has 0 saturated heterocycles. The Bertz CT molecular complexity index is 950. The van der Waals surface area contributed by atoms with Gasteiger partial charge in [0, 0.05) is 17.9 Å². The average Bonchev–Trinajstić information content (AvgIpc) is 2.98. The summed E-state index contributed by atoms with van der Waals surface area (Å²) in [4.78, 5) is 4.72. The van der Waals surface area contributed by atoms with Crippen LogP contribution in [0.3, 0.4) is 0 Å². The van der Waals surface area contributed by atoms with Crippen LogP contribution in [0.4, 0.5) is 10.2 Å². The molecular formula is C17H15FN2O3S. The molecule has 0 fully saturated rings. The van der Waals surface area contributed by atoms with E-state index in [2.05, 4.69) is 10.3 Å². The van der Waals surface area contributed by atoms with Crippen molar-refractivity contribution in [1.82, 2.24) is 4.98 Å². The predicted molar refractivity (Wildman–Crippen MR) is 88.8 cm³/mol. The Labute approximate surface area is 139 Å². The highest BCUT2D eigenvalue weighted by Crippen LogP contribution is 2.21. The minimum atomic E-state index is -3.22. The highest BCUT2D eigenvalue weighted by molar-refractivity contribution is 7.90. The Morgan fingerprint density at radius 2 is 1.83 bits per heavy atom. The summed E-state index contributed by atoms with van der Waals surface area (Å²) in [5.41, 5.74) is 1.50. The molecule has 0 saturated carbocycles. The standard InChI is InChI=1S/C17H15FN2O3S/c1-24(21,22)14-8-5-12(6-9-14)15-3-2-4-17(20-15)19-11-13-7-10-16(18)23-13/h2-10H,11H2,1H3,(H,19,20). The molecule has 124 valence electrons. The van der Waals surface area contributed by atoms with Gasteiger partial charge in [-0.25, -0.2) is 13.4 Å². The number of furan rings is 1. The molecular weight excluding hydrogens is 331 g/mol. The van der Waals surface area contributed by atoms with Crippen LogP contribution in [0.25, 0.3) is 11.3 Å². The van der Waals surface area contributed by atoms with E-state index >= 15 is 0 Å². The van der Waals surface area contributed by atoms with Gasteiger partial charge in [-0.2, -0.15) is 4.39 Å². The van der Waals surface area contributed by atoms with Gasteiger partial charge in [-0.3, -0.25) is 0 Å². The molecule has 0 bridgehead atoms. The van der Waals surface area contributed by atoms with Crippen molar-refractivity contribution in [3.05, 3.63) is 66.4 Å². The SMILES string of the molecule is CS(=O)(=O)c1ccc(-c2cccc(NCc3ccc(F)o3)n2)cc1. The highest BCUT2D eigenvalue weighted by Gasteiger charge is 2.08. The van der Waals surface area contributed by atoms with E-state index in [1.807, 2.05) is 12.1 Å². The predicted octanol–water partition coefficient (Wildman–Crippen LogP) is 3.50. The fourth-order valence-electron chi connectivity index (χ4n) is 2.19. The number of nitrogens with zero attached hydrogens (tertiary/aromatic N) is 1. The minimum absolute atomic E-state index is 0.264. The number of nitrogens with one attached hydrogen (secondary N) is 1. The van der Waals surface area contributed by atoms with Gasteiger partial charge < -0.3 is 9.73 Å². The average molecular weight is 346 g/mol. The number of hydrogen-bond donors (Lipinski definition) is 1. The second-order valence-electron chi connectivity index (χ2n) is 5.26. The first-order valence-corrected chi connectivity index (χ1v) is 9.06. The van der Waals surface area contributed by atoms with E-state index in [9.17, 15) is 12.8 Å². The van der Waals surface area contributed by atoms with Crippen LogP contribution >= 0.6 is 0 Å². The topological polar surface area (TPSA) is 72.2 Å². The fraction of sp³-hybridized carbons (Fsp3) is 0.118. The van der Waals surface area contributed by atoms with Crippen molar-refractivity contribution in [2.75, 3.05) is 11.6 Å². The number of pyridine rings is 1. The highest BCUT2D eigenvalue weighted by atomic mass is 32.2. The lowest BCUT2D eigenvalue weighted by atomic mass is 10.1. The van der Waals surface area contributed by atoms with E-state index < -0.39 is 15.9 Å². The molecule has 0 spiro atoms. The maximum Gasteiger partial charge on any atom is 0.277 e. The Kier molecular flexibility index (Phi) is 4.35. The summed E-state index contributed by atoms with van der Waals surface area (Å²) in [6.45, 7) is 0.313. The third-order valence-electron chi connectivity index (χ3n) is 3.40. The summed E-state index contributed by atoms with van der Waals surface area (Å²) >= 11 is 0. The molecule has 0 radical (unpaired) electrons. The van der Waals surface area contributed by atoms with Crippen molar-refractivity contribution in [2.45, 2.75) is 11.4 Å². The summed E-state index contributed by atoms with van der Waals surface area (Å²) in [6, 6.07) is 14.2. The smallest absolute Gasteiger partial charge is 0.277 e. The van der Waals surface area contributed by atoms with Crippen LogP contribution in [0.5, 0.6) is 0 Å². The third-order valence-corrected chi connectivity index (χ3v) is 4.53. The molecule has 5 nitrogen and oxygen atoms in total. The number of sulfone groups is 1. The maximum absolute atomic E-state index is 12.8. The van der Waals surface area contributed by atoms with Crippen LogP contribution in [-0.4, -0.2) is 19.7 Å². The lowest BCUT2D eigenvalue weighted by Crippen LogP contribution is -2.01. The maximum atomic E-state index is 12.8. The summed E-state index contributed by atoms with van der Waals surface area (Å²) in [5, 5.41) is 3.05. The summed E-state index contributed by atoms with van der Waals surface area (Å²) in [7, 11) is -3.22. The quantitative estimate of drug-likeness (QED) is 0.765. The van der Waals surface area contributed by atoms with Gasteiger partial charge in [0.15, 0.2) is 9.84 Å². The van der Waals surface area contributed by atoms with E-state index in [0.717, 1.165) is 5.56 Å². The Hall–Kier alpha value is -2.67. The molecule has 0 aliphatic rings. The molecule has 0 aliphatic carbocycles. The van der Waals surface area contributed by atoms with Gasteiger partial charge in [-0.05, 0) is 30.3 Å². The van der Waals surface area contributed by atoms with Gasteiger partial charge >= 0.3 is 0 Å². The number of anilines is 1. The minimum Gasteiger partial charge on any atom is -0.434 e. The molecule has 3 rings (SSSR count). The zero-order valence-electron chi connectivity index (χ0n) is 12.9. The van der Waals surface area contributed by atoms with Crippen molar-refractivity contribution >= 4 is 15.7 Å². The summed E-state index contributed by atoms with van der Waals surface area (Å²) < 4.78 is 40.6. The van der Waals surface area contributed by atoms with Gasteiger partial charge in [0.25, 0.3) is 6.01 Å². The van der Waals surface area contributed by atoms with Crippen LogP contribution in [0.1, 0.15) is 5.76 Å². The zero-order valence-corrected chi connectivity index (χ0v) is 13.7. The first-order valence-electron chi connectivity index (χ1n) is 7.17. The molecule has 0 amide bonds. The van der Waals surface area contributed by atoms with E-state index in [-0.39, 0.29) is 4.90 Å². The Morgan fingerprint density at radius 3 is 2.46 bits per heavy atom. The van der Waals surface area contributed by atoms with Crippen LogP contribution < -0.4 is 5.32 Å². The number of aromatic nitrogens is 1. The number of benzene rings is 1. The largest absolute Gasteiger partial charge is 0.434 e. The lowest BCUT2D eigenvalue weighted by Gasteiger charge is -2.07. The first-order chi connectivity index (χ1) is 11.4. The monoisotopic (exact) mass is 346 g/mol. The molecule has 2 heterocycles. The van der Waals surface area contributed by atoms with Crippen molar-refractivity contribution in [3.63, 3.8) is 0 Å². The van der Waals surface area contributed by atoms with Gasteiger partial charge in [0.05, 0.1) is 17.1 Å². The Balaban J connectivity index is 1.77. The molecule has 0 unspecified atom stereocenters. The van der Waals surface area contributed by atoms with Crippen LogP contribution in [0.15, 0.2) is 63.9 Å². The van der Waals surface area contributed by atoms with Crippen molar-refractivity contribution < 1.29 is 17.2 Å². The molecule has 1 aromatic carbocycles. The molecule has 1 N–H and O–H groups in total. The van der Waals surface area contributed by atoms with Crippen molar-refractivity contribution in [3.8, 4) is 11.3 Å². The van der Waals surface area contributed by atoms with E-state index in [4.69, 9.17) is 4.42 Å². The van der Waals surface area contributed by atoms with E-state index in [1.165, 1.54) is 12.3 Å². The van der Waals surface area contributed by atoms with Gasteiger partial charge in [-0.1, -0.05) is 18.2 Å².